The fourth-order valence-corrected chi connectivity index (χ4v) is 1.62. The van der Waals surface area contributed by atoms with Gasteiger partial charge in [-0.3, -0.25) is 0 Å². The Bertz CT molecular complexity index is 377. The predicted octanol–water partition coefficient (Wildman–Crippen LogP) is 2.20. The molecule has 1 rings (SSSR count). The first-order valence-corrected chi connectivity index (χ1v) is 5.69. The Labute approximate surface area is 101 Å². The van der Waals surface area contributed by atoms with Crippen LogP contribution in [0.1, 0.15) is 31.9 Å². The minimum Gasteiger partial charge on any atom is -0.482 e. The number of hydrogen-bond acceptors (Lipinski definition) is 3. The van der Waals surface area contributed by atoms with E-state index in [1.54, 1.807) is 12.1 Å². The van der Waals surface area contributed by atoms with Gasteiger partial charge in [0.2, 0.25) is 0 Å². The van der Waals surface area contributed by atoms with Crippen LogP contribution in [-0.2, 0) is 4.79 Å². The molecule has 0 saturated carbocycles. The maximum atomic E-state index is 10.4. The summed E-state index contributed by atoms with van der Waals surface area (Å²) in [6, 6.07) is 7.25. The summed E-state index contributed by atoms with van der Waals surface area (Å²) < 4.78 is 5.11. The van der Waals surface area contributed by atoms with Crippen molar-refractivity contribution in [2.24, 2.45) is 11.7 Å². The van der Waals surface area contributed by atoms with Gasteiger partial charge in [0.05, 0.1) is 0 Å². The molecule has 4 heteroatoms. The molecule has 3 N–H and O–H groups in total. The summed E-state index contributed by atoms with van der Waals surface area (Å²) in [6.07, 6.45) is 0.891. The molecular weight excluding hydrogens is 218 g/mol. The lowest BCUT2D eigenvalue weighted by molar-refractivity contribution is -0.139. The van der Waals surface area contributed by atoms with Gasteiger partial charge in [-0.2, -0.15) is 0 Å². The van der Waals surface area contributed by atoms with Crippen LogP contribution in [0.5, 0.6) is 5.75 Å². The number of ether oxygens (including phenoxy) is 1. The molecule has 0 aromatic heterocycles. The molecule has 1 aromatic carbocycles. The quantitative estimate of drug-likeness (QED) is 0.795. The second-order valence-electron chi connectivity index (χ2n) is 4.49. The Morgan fingerprint density at radius 1 is 1.47 bits per heavy atom. The molecule has 0 fully saturated rings. The van der Waals surface area contributed by atoms with Gasteiger partial charge in [0.15, 0.2) is 6.61 Å². The van der Waals surface area contributed by atoms with Crippen molar-refractivity contribution in [1.29, 1.82) is 0 Å². The highest BCUT2D eigenvalue weighted by molar-refractivity contribution is 5.68. The van der Waals surface area contributed by atoms with Crippen molar-refractivity contribution < 1.29 is 14.6 Å². The van der Waals surface area contributed by atoms with Crippen LogP contribution in [-0.4, -0.2) is 17.7 Å². The van der Waals surface area contributed by atoms with E-state index in [2.05, 4.69) is 13.8 Å². The van der Waals surface area contributed by atoms with Crippen LogP contribution in [0.25, 0.3) is 0 Å². The van der Waals surface area contributed by atoms with Crippen LogP contribution in [0.15, 0.2) is 24.3 Å². The van der Waals surface area contributed by atoms with Crippen LogP contribution >= 0.6 is 0 Å². The zero-order valence-corrected chi connectivity index (χ0v) is 10.2. The minimum absolute atomic E-state index is 0.0385. The van der Waals surface area contributed by atoms with Gasteiger partial charge in [-0.05, 0) is 30.0 Å². The fraction of sp³-hybridized carbons (Fsp3) is 0.462. The lowest BCUT2D eigenvalue weighted by Gasteiger charge is -2.15. The van der Waals surface area contributed by atoms with Gasteiger partial charge in [-0.25, -0.2) is 4.79 Å². The average Bonchev–Trinajstić information content (AvgIpc) is 2.26. The van der Waals surface area contributed by atoms with Crippen molar-refractivity contribution in [3.05, 3.63) is 29.8 Å². The van der Waals surface area contributed by atoms with Crippen LogP contribution in [0.3, 0.4) is 0 Å². The molecular formula is C13H19NO3. The summed E-state index contributed by atoms with van der Waals surface area (Å²) >= 11 is 0. The standard InChI is InChI=1S/C13H19NO3/c1-9(2)6-12(14)10-4-3-5-11(7-10)17-8-13(15)16/h3-5,7,9,12H,6,8,14H2,1-2H3,(H,15,16). The largest absolute Gasteiger partial charge is 0.482 e. The topological polar surface area (TPSA) is 72.5 Å². The third-order valence-electron chi connectivity index (χ3n) is 2.37. The van der Waals surface area contributed by atoms with Gasteiger partial charge in [-0.15, -0.1) is 0 Å². The summed E-state index contributed by atoms with van der Waals surface area (Å²) in [5.41, 5.74) is 7.02. The molecule has 0 aliphatic carbocycles. The number of carboxylic acid groups (broad SMARTS) is 1. The van der Waals surface area contributed by atoms with Crippen molar-refractivity contribution in [2.75, 3.05) is 6.61 Å². The van der Waals surface area contributed by atoms with E-state index in [9.17, 15) is 4.79 Å². The van der Waals surface area contributed by atoms with E-state index in [4.69, 9.17) is 15.6 Å². The fourth-order valence-electron chi connectivity index (χ4n) is 1.62. The molecule has 1 unspecified atom stereocenters. The molecule has 0 amide bonds. The van der Waals surface area contributed by atoms with Crippen LogP contribution in [0, 0.1) is 5.92 Å². The van der Waals surface area contributed by atoms with Crippen molar-refractivity contribution in [3.63, 3.8) is 0 Å². The minimum atomic E-state index is -0.984. The Balaban J connectivity index is 2.67. The van der Waals surface area contributed by atoms with Crippen molar-refractivity contribution in [3.8, 4) is 5.75 Å². The highest BCUT2D eigenvalue weighted by Gasteiger charge is 2.09. The zero-order chi connectivity index (χ0) is 12.8. The van der Waals surface area contributed by atoms with Crippen LogP contribution in [0.4, 0.5) is 0 Å². The monoisotopic (exact) mass is 237 g/mol. The summed E-state index contributed by atoms with van der Waals surface area (Å²) in [4.78, 5) is 10.4. The molecule has 0 radical (unpaired) electrons. The van der Waals surface area contributed by atoms with Gasteiger partial charge < -0.3 is 15.6 Å². The van der Waals surface area contributed by atoms with E-state index in [1.807, 2.05) is 12.1 Å². The second kappa shape index (κ2) is 6.25. The van der Waals surface area contributed by atoms with Gasteiger partial charge in [0, 0.05) is 6.04 Å². The lowest BCUT2D eigenvalue weighted by atomic mass is 9.98. The molecule has 0 aliphatic heterocycles. The Morgan fingerprint density at radius 2 is 2.18 bits per heavy atom. The Morgan fingerprint density at radius 3 is 2.76 bits per heavy atom. The lowest BCUT2D eigenvalue weighted by Crippen LogP contribution is -2.13. The highest BCUT2D eigenvalue weighted by atomic mass is 16.5. The second-order valence-corrected chi connectivity index (χ2v) is 4.49. The van der Waals surface area contributed by atoms with Crippen molar-refractivity contribution in [2.45, 2.75) is 26.3 Å². The summed E-state index contributed by atoms with van der Waals surface area (Å²) in [5.74, 6) is 0.0829. The number of nitrogens with two attached hydrogens (primary N) is 1. The van der Waals surface area contributed by atoms with Gasteiger partial charge in [0.1, 0.15) is 5.75 Å². The summed E-state index contributed by atoms with van der Waals surface area (Å²) in [7, 11) is 0. The molecule has 1 atom stereocenters. The molecule has 1 aromatic rings. The van der Waals surface area contributed by atoms with E-state index < -0.39 is 5.97 Å². The molecule has 0 heterocycles. The van der Waals surface area contributed by atoms with Gasteiger partial charge in [0.25, 0.3) is 0 Å². The van der Waals surface area contributed by atoms with Gasteiger partial charge in [-0.1, -0.05) is 26.0 Å². The molecule has 0 spiro atoms. The Hall–Kier alpha value is -1.55. The highest BCUT2D eigenvalue weighted by Crippen LogP contribution is 2.22. The molecule has 0 aliphatic rings. The van der Waals surface area contributed by atoms with Gasteiger partial charge >= 0.3 is 5.97 Å². The smallest absolute Gasteiger partial charge is 0.341 e. The number of carboxylic acids is 1. The molecule has 0 saturated heterocycles. The molecule has 94 valence electrons. The van der Waals surface area contributed by atoms with E-state index >= 15 is 0 Å². The first-order valence-electron chi connectivity index (χ1n) is 5.69. The van der Waals surface area contributed by atoms with Crippen LogP contribution in [0.2, 0.25) is 0 Å². The number of benzene rings is 1. The predicted molar refractivity (Wildman–Crippen MR) is 66.0 cm³/mol. The number of hydrogen-bond donors (Lipinski definition) is 2. The number of aliphatic carboxylic acids is 1. The SMILES string of the molecule is CC(C)CC(N)c1cccc(OCC(=O)O)c1. The first kappa shape index (κ1) is 13.5. The summed E-state index contributed by atoms with van der Waals surface area (Å²) in [6.45, 7) is 3.90. The average molecular weight is 237 g/mol. The maximum absolute atomic E-state index is 10.4. The number of carbonyl (C=O) groups is 1. The third-order valence-corrected chi connectivity index (χ3v) is 2.37. The third kappa shape index (κ3) is 4.87. The van der Waals surface area contributed by atoms with E-state index in [-0.39, 0.29) is 12.6 Å². The maximum Gasteiger partial charge on any atom is 0.341 e. The first-order chi connectivity index (χ1) is 7.99. The van der Waals surface area contributed by atoms with Crippen molar-refractivity contribution in [1.82, 2.24) is 0 Å². The molecule has 0 bridgehead atoms. The van der Waals surface area contributed by atoms with E-state index in [0.29, 0.717) is 11.7 Å². The van der Waals surface area contributed by atoms with E-state index in [0.717, 1.165) is 12.0 Å². The summed E-state index contributed by atoms with van der Waals surface area (Å²) in [5, 5.41) is 8.52. The van der Waals surface area contributed by atoms with Crippen molar-refractivity contribution >= 4 is 5.97 Å². The zero-order valence-electron chi connectivity index (χ0n) is 10.2. The normalized spacial score (nSPS) is 12.5. The van der Waals surface area contributed by atoms with Crippen LogP contribution < -0.4 is 10.5 Å². The molecule has 17 heavy (non-hydrogen) atoms. The van der Waals surface area contributed by atoms with E-state index in [1.165, 1.54) is 0 Å². The molecule has 4 nitrogen and oxygen atoms in total. The number of rotatable bonds is 6. The Kier molecular flexibility index (Phi) is 4.97.